The maximum absolute atomic E-state index is 11.6. The van der Waals surface area contributed by atoms with E-state index in [9.17, 15) is 9.59 Å². The van der Waals surface area contributed by atoms with Gasteiger partial charge in [-0.1, -0.05) is 0 Å². The number of piperidine rings is 1. The van der Waals surface area contributed by atoms with E-state index in [0.29, 0.717) is 12.8 Å². The number of carbonyl (C=O) groups excluding carboxylic acids is 1. The van der Waals surface area contributed by atoms with Crippen molar-refractivity contribution in [1.82, 2.24) is 10.6 Å². The fourth-order valence-corrected chi connectivity index (χ4v) is 1.56. The van der Waals surface area contributed by atoms with Crippen molar-refractivity contribution in [3.63, 3.8) is 0 Å². The van der Waals surface area contributed by atoms with Gasteiger partial charge in [-0.2, -0.15) is 0 Å². The smallest absolute Gasteiger partial charge is 0.328 e. The molecule has 1 aliphatic rings. The highest BCUT2D eigenvalue weighted by atomic mass is 16.4. The summed E-state index contributed by atoms with van der Waals surface area (Å²) in [7, 11) is 0. The predicted octanol–water partition coefficient (Wildman–Crippen LogP) is -1.45. The average molecular weight is 216 g/mol. The van der Waals surface area contributed by atoms with Gasteiger partial charge in [0.05, 0.1) is 6.61 Å². The third-order valence-electron chi connectivity index (χ3n) is 2.51. The molecule has 0 saturated carbocycles. The lowest BCUT2D eigenvalue weighted by Crippen LogP contribution is -2.47. The Balaban J connectivity index is 2.42. The number of carboxylic acids is 1. The van der Waals surface area contributed by atoms with Crippen molar-refractivity contribution in [3.8, 4) is 0 Å². The van der Waals surface area contributed by atoms with E-state index < -0.39 is 18.6 Å². The molecule has 1 fully saturated rings. The molecule has 1 amide bonds. The second-order valence-corrected chi connectivity index (χ2v) is 3.61. The van der Waals surface area contributed by atoms with Gasteiger partial charge in [-0.15, -0.1) is 0 Å². The van der Waals surface area contributed by atoms with Gasteiger partial charge >= 0.3 is 5.97 Å². The third-order valence-corrected chi connectivity index (χ3v) is 2.51. The summed E-state index contributed by atoms with van der Waals surface area (Å²) >= 11 is 0. The van der Waals surface area contributed by atoms with Crippen LogP contribution in [0.15, 0.2) is 0 Å². The number of carbonyl (C=O) groups is 2. The van der Waals surface area contributed by atoms with Gasteiger partial charge in [0.15, 0.2) is 0 Å². The number of amides is 1. The van der Waals surface area contributed by atoms with Gasteiger partial charge in [0.1, 0.15) is 6.04 Å². The van der Waals surface area contributed by atoms with Gasteiger partial charge in [0.25, 0.3) is 0 Å². The number of hydrogen-bond acceptors (Lipinski definition) is 4. The summed E-state index contributed by atoms with van der Waals surface area (Å²) in [5.41, 5.74) is 0. The average Bonchev–Trinajstić information content (AvgIpc) is 2.26. The monoisotopic (exact) mass is 216 g/mol. The highest BCUT2D eigenvalue weighted by molar-refractivity contribution is 5.85. The van der Waals surface area contributed by atoms with Crippen molar-refractivity contribution in [2.75, 3.05) is 19.7 Å². The van der Waals surface area contributed by atoms with Crippen molar-refractivity contribution in [3.05, 3.63) is 0 Å². The van der Waals surface area contributed by atoms with Gasteiger partial charge in [0.2, 0.25) is 5.91 Å². The summed E-state index contributed by atoms with van der Waals surface area (Å²) in [5.74, 6) is -1.63. The number of hydrogen-bond donors (Lipinski definition) is 4. The first-order chi connectivity index (χ1) is 7.15. The van der Waals surface area contributed by atoms with Crippen LogP contribution in [0.4, 0.5) is 0 Å². The van der Waals surface area contributed by atoms with E-state index in [1.54, 1.807) is 0 Å². The van der Waals surface area contributed by atoms with Crippen molar-refractivity contribution < 1.29 is 19.8 Å². The summed E-state index contributed by atoms with van der Waals surface area (Å²) in [5, 5.41) is 22.8. The van der Waals surface area contributed by atoms with Crippen LogP contribution in [-0.4, -0.2) is 47.8 Å². The molecule has 0 unspecified atom stereocenters. The maximum atomic E-state index is 11.6. The van der Waals surface area contributed by atoms with E-state index in [2.05, 4.69) is 10.6 Å². The first-order valence-electron chi connectivity index (χ1n) is 5.00. The molecule has 4 N–H and O–H groups in total. The molecule has 15 heavy (non-hydrogen) atoms. The molecule has 0 aliphatic carbocycles. The zero-order valence-corrected chi connectivity index (χ0v) is 8.40. The summed E-state index contributed by atoms with van der Waals surface area (Å²) in [4.78, 5) is 22.1. The van der Waals surface area contributed by atoms with E-state index in [0.717, 1.165) is 13.1 Å². The first-order valence-corrected chi connectivity index (χ1v) is 5.00. The predicted molar refractivity (Wildman–Crippen MR) is 52.2 cm³/mol. The Kier molecular flexibility index (Phi) is 4.51. The highest BCUT2D eigenvalue weighted by Gasteiger charge is 2.25. The molecule has 0 aromatic heterocycles. The number of aliphatic hydroxyl groups is 1. The van der Waals surface area contributed by atoms with Crippen LogP contribution < -0.4 is 10.6 Å². The topological polar surface area (TPSA) is 98.7 Å². The molecule has 0 radical (unpaired) electrons. The zero-order valence-electron chi connectivity index (χ0n) is 8.40. The second kappa shape index (κ2) is 5.67. The van der Waals surface area contributed by atoms with Crippen LogP contribution in [0.25, 0.3) is 0 Å². The van der Waals surface area contributed by atoms with E-state index in [-0.39, 0.29) is 11.8 Å². The fraction of sp³-hybridized carbons (Fsp3) is 0.778. The van der Waals surface area contributed by atoms with Crippen LogP contribution in [0.5, 0.6) is 0 Å². The molecular weight excluding hydrogens is 200 g/mol. The summed E-state index contributed by atoms with van der Waals surface area (Å²) < 4.78 is 0. The Bertz CT molecular complexity index is 238. The first kappa shape index (κ1) is 11.9. The van der Waals surface area contributed by atoms with Crippen molar-refractivity contribution in [1.29, 1.82) is 0 Å². The van der Waals surface area contributed by atoms with Crippen LogP contribution >= 0.6 is 0 Å². The Morgan fingerprint density at radius 2 is 2.00 bits per heavy atom. The van der Waals surface area contributed by atoms with Gasteiger partial charge < -0.3 is 20.8 Å². The number of aliphatic hydroxyl groups excluding tert-OH is 1. The quantitative estimate of drug-likeness (QED) is 0.461. The van der Waals surface area contributed by atoms with E-state index >= 15 is 0 Å². The van der Waals surface area contributed by atoms with Crippen LogP contribution in [0.2, 0.25) is 0 Å². The lowest BCUT2D eigenvalue weighted by molar-refractivity contribution is -0.143. The van der Waals surface area contributed by atoms with Crippen LogP contribution in [0.3, 0.4) is 0 Å². The van der Waals surface area contributed by atoms with E-state index in [1.165, 1.54) is 0 Å². The van der Waals surface area contributed by atoms with E-state index in [1.807, 2.05) is 0 Å². The minimum absolute atomic E-state index is 0.139. The number of carboxylic acid groups (broad SMARTS) is 1. The summed E-state index contributed by atoms with van der Waals surface area (Å²) in [6.45, 7) is 0.968. The molecule has 1 rings (SSSR count). The van der Waals surface area contributed by atoms with Crippen molar-refractivity contribution >= 4 is 11.9 Å². The highest BCUT2D eigenvalue weighted by Crippen LogP contribution is 2.11. The molecule has 1 atom stereocenters. The number of nitrogens with one attached hydrogen (secondary N) is 2. The molecule has 6 nitrogen and oxygen atoms in total. The van der Waals surface area contributed by atoms with E-state index in [4.69, 9.17) is 10.2 Å². The second-order valence-electron chi connectivity index (χ2n) is 3.61. The van der Waals surface area contributed by atoms with Gasteiger partial charge in [-0.3, -0.25) is 4.79 Å². The zero-order chi connectivity index (χ0) is 11.3. The summed E-state index contributed by atoms with van der Waals surface area (Å²) in [6.07, 6.45) is 1.42. The fourth-order valence-electron chi connectivity index (χ4n) is 1.56. The number of aliphatic carboxylic acids is 1. The largest absolute Gasteiger partial charge is 0.480 e. The lowest BCUT2D eigenvalue weighted by Gasteiger charge is -2.23. The van der Waals surface area contributed by atoms with Crippen molar-refractivity contribution in [2.45, 2.75) is 18.9 Å². The standard InChI is InChI=1S/C9H16N2O4/c12-5-7(9(14)15)11-8(13)6-1-3-10-4-2-6/h6-7,10,12H,1-5H2,(H,11,13)(H,14,15)/t7-/m0/s1. The summed E-state index contributed by atoms with van der Waals surface area (Å²) in [6, 6.07) is -1.19. The van der Waals surface area contributed by atoms with Gasteiger partial charge in [0, 0.05) is 5.92 Å². The maximum Gasteiger partial charge on any atom is 0.328 e. The molecule has 86 valence electrons. The minimum atomic E-state index is -1.21. The molecule has 0 spiro atoms. The molecule has 6 heteroatoms. The van der Waals surface area contributed by atoms with Gasteiger partial charge in [-0.25, -0.2) is 4.79 Å². The van der Waals surface area contributed by atoms with Crippen LogP contribution in [0, 0.1) is 5.92 Å². The van der Waals surface area contributed by atoms with Crippen molar-refractivity contribution in [2.24, 2.45) is 5.92 Å². The third kappa shape index (κ3) is 3.49. The Hall–Kier alpha value is -1.14. The SMILES string of the molecule is O=C(N[C@@H](CO)C(=O)O)C1CCNCC1. The molecular formula is C9H16N2O4. The Morgan fingerprint density at radius 1 is 1.40 bits per heavy atom. The number of rotatable bonds is 4. The van der Waals surface area contributed by atoms with Gasteiger partial charge in [-0.05, 0) is 25.9 Å². The molecule has 1 heterocycles. The van der Waals surface area contributed by atoms with Crippen LogP contribution in [0.1, 0.15) is 12.8 Å². The normalized spacial score (nSPS) is 19.5. The molecule has 0 bridgehead atoms. The lowest BCUT2D eigenvalue weighted by atomic mass is 9.97. The molecule has 0 aromatic carbocycles. The minimum Gasteiger partial charge on any atom is -0.480 e. The Morgan fingerprint density at radius 3 is 2.47 bits per heavy atom. The molecule has 1 aliphatic heterocycles. The Labute approximate surface area is 87.7 Å². The molecule has 0 aromatic rings. The molecule has 1 saturated heterocycles. The van der Waals surface area contributed by atoms with Crippen LogP contribution in [-0.2, 0) is 9.59 Å².